The monoisotopic (exact) mass is 245 g/mol. The van der Waals surface area contributed by atoms with Crippen LogP contribution in [0.5, 0.6) is 0 Å². The summed E-state index contributed by atoms with van der Waals surface area (Å²) in [5, 5.41) is 0. The van der Waals surface area contributed by atoms with Crippen molar-refractivity contribution in [2.75, 3.05) is 6.61 Å². The van der Waals surface area contributed by atoms with Gasteiger partial charge in [-0.2, -0.15) is 13.2 Å². The molecule has 6 heteroatoms. The van der Waals surface area contributed by atoms with Crippen molar-refractivity contribution in [1.29, 1.82) is 0 Å². The molecule has 0 unspecified atom stereocenters. The Morgan fingerprint density at radius 3 is 2.82 bits per heavy atom. The number of carbonyl (C=O) groups is 1. The maximum Gasteiger partial charge on any atom is 0.433 e. The standard InChI is InChI=1S/C11H10F3NO2/c1-2-17-9(16)6-5-8-4-3-7-15-10(8)11(12,13)14/h3-7H,2H2,1H3. The first-order chi connectivity index (χ1) is 7.95. The Hall–Kier alpha value is -1.85. The molecule has 0 spiro atoms. The molecule has 1 aromatic heterocycles. The number of halogens is 3. The number of esters is 1. The molecule has 0 N–H and O–H groups in total. The summed E-state index contributed by atoms with van der Waals surface area (Å²) in [6.07, 6.45) is -1.52. The molecule has 0 saturated heterocycles. The van der Waals surface area contributed by atoms with Crippen LogP contribution in [0.25, 0.3) is 6.08 Å². The van der Waals surface area contributed by atoms with E-state index in [1.54, 1.807) is 6.92 Å². The summed E-state index contributed by atoms with van der Waals surface area (Å²) < 4.78 is 42.1. The van der Waals surface area contributed by atoms with Crippen LogP contribution in [0.1, 0.15) is 18.2 Å². The van der Waals surface area contributed by atoms with E-state index in [0.717, 1.165) is 18.3 Å². The average Bonchev–Trinajstić information content (AvgIpc) is 2.26. The molecule has 17 heavy (non-hydrogen) atoms. The highest BCUT2D eigenvalue weighted by Crippen LogP contribution is 2.30. The van der Waals surface area contributed by atoms with Crippen molar-refractivity contribution in [1.82, 2.24) is 4.98 Å². The first kappa shape index (κ1) is 13.2. The lowest BCUT2D eigenvalue weighted by Gasteiger charge is -2.07. The van der Waals surface area contributed by atoms with Gasteiger partial charge in [-0.05, 0) is 19.1 Å². The van der Waals surface area contributed by atoms with Gasteiger partial charge in [0.1, 0.15) is 0 Å². The number of ether oxygens (including phenoxy) is 1. The Morgan fingerprint density at radius 2 is 2.24 bits per heavy atom. The summed E-state index contributed by atoms with van der Waals surface area (Å²) in [6.45, 7) is 1.78. The number of alkyl halides is 3. The molecule has 3 nitrogen and oxygen atoms in total. The lowest BCUT2D eigenvalue weighted by molar-refractivity contribution is -0.141. The molecule has 0 atom stereocenters. The molecule has 0 saturated carbocycles. The van der Waals surface area contributed by atoms with Gasteiger partial charge >= 0.3 is 12.1 Å². The smallest absolute Gasteiger partial charge is 0.433 e. The Balaban J connectivity index is 2.95. The van der Waals surface area contributed by atoms with Gasteiger partial charge in [0.2, 0.25) is 0 Å². The quantitative estimate of drug-likeness (QED) is 0.607. The van der Waals surface area contributed by atoms with Crippen LogP contribution in [0.3, 0.4) is 0 Å². The van der Waals surface area contributed by atoms with Crippen LogP contribution in [0.15, 0.2) is 24.4 Å². The van der Waals surface area contributed by atoms with Crippen molar-refractivity contribution in [3.63, 3.8) is 0 Å². The number of pyridine rings is 1. The zero-order valence-electron chi connectivity index (χ0n) is 8.99. The van der Waals surface area contributed by atoms with Crippen molar-refractivity contribution in [2.45, 2.75) is 13.1 Å². The molecule has 0 aliphatic heterocycles. The average molecular weight is 245 g/mol. The minimum absolute atomic E-state index is 0.169. The molecule has 0 bridgehead atoms. The number of carbonyl (C=O) groups excluding carboxylic acids is 1. The lowest BCUT2D eigenvalue weighted by atomic mass is 10.1. The number of rotatable bonds is 3. The van der Waals surface area contributed by atoms with Crippen LogP contribution in [0.2, 0.25) is 0 Å². The largest absolute Gasteiger partial charge is 0.463 e. The fraction of sp³-hybridized carbons (Fsp3) is 0.273. The molecule has 92 valence electrons. The maximum atomic E-state index is 12.5. The van der Waals surface area contributed by atoms with Gasteiger partial charge in [0.05, 0.1) is 6.61 Å². The minimum atomic E-state index is -4.55. The van der Waals surface area contributed by atoms with Crippen molar-refractivity contribution in [3.05, 3.63) is 35.7 Å². The fourth-order valence-corrected chi connectivity index (χ4v) is 1.14. The predicted molar refractivity (Wildman–Crippen MR) is 54.9 cm³/mol. The van der Waals surface area contributed by atoms with Gasteiger partial charge in [-0.3, -0.25) is 4.98 Å². The summed E-state index contributed by atoms with van der Waals surface area (Å²) in [5.41, 5.74) is -1.20. The maximum absolute atomic E-state index is 12.5. The van der Waals surface area contributed by atoms with Crippen molar-refractivity contribution in [3.8, 4) is 0 Å². The van der Waals surface area contributed by atoms with Gasteiger partial charge < -0.3 is 4.74 Å². The number of hydrogen-bond donors (Lipinski definition) is 0. The SMILES string of the molecule is CCOC(=O)C=Cc1cccnc1C(F)(F)F. The van der Waals surface area contributed by atoms with Gasteiger partial charge in [-0.15, -0.1) is 0 Å². The zero-order valence-corrected chi connectivity index (χ0v) is 8.99. The van der Waals surface area contributed by atoms with Crippen LogP contribution in [-0.4, -0.2) is 17.6 Å². The third-order valence-electron chi connectivity index (χ3n) is 1.79. The predicted octanol–water partition coefficient (Wildman–Crippen LogP) is 2.68. The fourth-order valence-electron chi connectivity index (χ4n) is 1.14. The van der Waals surface area contributed by atoms with E-state index in [-0.39, 0.29) is 12.2 Å². The molecular weight excluding hydrogens is 235 g/mol. The van der Waals surface area contributed by atoms with Crippen molar-refractivity contribution in [2.24, 2.45) is 0 Å². The Kier molecular flexibility index (Phi) is 4.25. The Bertz CT molecular complexity index is 427. The van der Waals surface area contributed by atoms with Gasteiger partial charge in [0, 0.05) is 17.8 Å². The normalized spacial score (nSPS) is 11.8. The second-order valence-corrected chi connectivity index (χ2v) is 3.02. The summed E-state index contributed by atoms with van der Waals surface area (Å²) in [6, 6.07) is 2.59. The highest BCUT2D eigenvalue weighted by molar-refractivity contribution is 5.87. The molecule has 1 heterocycles. The molecule has 0 amide bonds. The third kappa shape index (κ3) is 3.90. The van der Waals surface area contributed by atoms with Crippen molar-refractivity contribution < 1.29 is 22.7 Å². The summed E-state index contributed by atoms with van der Waals surface area (Å²) in [4.78, 5) is 14.2. The van der Waals surface area contributed by atoms with Crippen LogP contribution in [-0.2, 0) is 15.7 Å². The second kappa shape index (κ2) is 5.47. The molecule has 1 rings (SSSR count). The molecule has 0 aliphatic carbocycles. The summed E-state index contributed by atoms with van der Waals surface area (Å²) >= 11 is 0. The number of hydrogen-bond acceptors (Lipinski definition) is 3. The zero-order chi connectivity index (χ0) is 12.9. The number of nitrogens with zero attached hydrogens (tertiary/aromatic N) is 1. The number of aromatic nitrogens is 1. The Morgan fingerprint density at radius 1 is 1.53 bits per heavy atom. The van der Waals surface area contributed by atoms with E-state index in [4.69, 9.17) is 0 Å². The summed E-state index contributed by atoms with van der Waals surface area (Å²) in [7, 11) is 0. The van der Waals surface area contributed by atoms with Crippen LogP contribution < -0.4 is 0 Å². The van der Waals surface area contributed by atoms with E-state index in [1.165, 1.54) is 12.1 Å². The van der Waals surface area contributed by atoms with Gasteiger partial charge in [0.25, 0.3) is 0 Å². The molecule has 0 aromatic carbocycles. The molecule has 0 radical (unpaired) electrons. The van der Waals surface area contributed by atoms with Crippen molar-refractivity contribution >= 4 is 12.0 Å². The topological polar surface area (TPSA) is 39.2 Å². The molecule has 0 fully saturated rings. The first-order valence-electron chi connectivity index (χ1n) is 4.82. The van der Waals surface area contributed by atoms with E-state index in [9.17, 15) is 18.0 Å². The third-order valence-corrected chi connectivity index (χ3v) is 1.79. The first-order valence-corrected chi connectivity index (χ1v) is 4.82. The highest BCUT2D eigenvalue weighted by Gasteiger charge is 2.34. The highest BCUT2D eigenvalue weighted by atomic mass is 19.4. The molecular formula is C11H10F3NO2. The van der Waals surface area contributed by atoms with Gasteiger partial charge in [-0.1, -0.05) is 6.07 Å². The van der Waals surface area contributed by atoms with Crippen LogP contribution in [0, 0.1) is 0 Å². The van der Waals surface area contributed by atoms with Gasteiger partial charge in [-0.25, -0.2) is 4.79 Å². The van der Waals surface area contributed by atoms with E-state index in [1.807, 2.05) is 0 Å². The summed E-state index contributed by atoms with van der Waals surface area (Å²) in [5.74, 6) is -0.690. The minimum Gasteiger partial charge on any atom is -0.463 e. The second-order valence-electron chi connectivity index (χ2n) is 3.02. The van der Waals surface area contributed by atoms with E-state index >= 15 is 0 Å². The van der Waals surface area contributed by atoms with E-state index < -0.39 is 17.8 Å². The van der Waals surface area contributed by atoms with E-state index in [2.05, 4.69) is 9.72 Å². The van der Waals surface area contributed by atoms with Crippen LogP contribution in [0.4, 0.5) is 13.2 Å². The van der Waals surface area contributed by atoms with Crippen LogP contribution >= 0.6 is 0 Å². The Labute approximate surface area is 95.9 Å². The van der Waals surface area contributed by atoms with Gasteiger partial charge in [0.15, 0.2) is 5.69 Å². The lowest BCUT2D eigenvalue weighted by Crippen LogP contribution is -2.10. The molecule has 1 aromatic rings. The van der Waals surface area contributed by atoms with E-state index in [0.29, 0.717) is 0 Å². The molecule has 0 aliphatic rings.